The number of hydrogen-bond donors (Lipinski definition) is 2. The molecule has 19 heavy (non-hydrogen) atoms. The van der Waals surface area contributed by atoms with E-state index in [0.29, 0.717) is 25.0 Å². The fourth-order valence-electron chi connectivity index (χ4n) is 2.11. The summed E-state index contributed by atoms with van der Waals surface area (Å²) in [6.45, 7) is 1.02. The minimum atomic E-state index is -0.951. The first-order chi connectivity index (χ1) is 9.25. The molecule has 1 aliphatic rings. The molecule has 5 heteroatoms. The maximum atomic E-state index is 10.8. The molecule has 0 amide bonds. The van der Waals surface area contributed by atoms with Gasteiger partial charge in [0, 0.05) is 0 Å². The Morgan fingerprint density at radius 2 is 2.16 bits per heavy atom. The Labute approximate surface area is 112 Å². The van der Waals surface area contributed by atoms with Gasteiger partial charge in [0.2, 0.25) is 0 Å². The topological polar surface area (TPSA) is 67.8 Å². The van der Waals surface area contributed by atoms with Crippen molar-refractivity contribution in [2.45, 2.75) is 31.8 Å². The number of carbonyl (C=O) groups is 1. The van der Waals surface area contributed by atoms with Gasteiger partial charge in [-0.15, -0.1) is 0 Å². The molecule has 0 saturated heterocycles. The first-order valence-electron chi connectivity index (χ1n) is 6.60. The lowest BCUT2D eigenvalue weighted by atomic mass is 10.2. The predicted molar refractivity (Wildman–Crippen MR) is 70.2 cm³/mol. The summed E-state index contributed by atoms with van der Waals surface area (Å²) in [5.41, 5.74) is 3.12. The third kappa shape index (κ3) is 4.54. The van der Waals surface area contributed by atoms with Crippen molar-refractivity contribution in [3.8, 4) is 5.75 Å². The quantitative estimate of drug-likeness (QED) is 0.584. The van der Waals surface area contributed by atoms with E-state index in [2.05, 4.69) is 5.48 Å². The Hall–Kier alpha value is -1.59. The average molecular weight is 265 g/mol. The van der Waals surface area contributed by atoms with Crippen molar-refractivity contribution >= 4 is 5.97 Å². The first-order valence-corrected chi connectivity index (χ1v) is 6.60. The lowest BCUT2D eigenvalue weighted by molar-refractivity contribution is -0.0246. The van der Waals surface area contributed by atoms with Crippen molar-refractivity contribution in [1.29, 1.82) is 0 Å². The standard InChI is InChI=1S/C14H19NO4/c16-14(17)11-4-3-7-13(10-11)18-9-8-15-19-12-5-1-2-6-12/h3-4,7,10,12,15H,1-2,5-6,8-9H2,(H,16,17). The molecule has 1 aromatic carbocycles. The molecule has 1 saturated carbocycles. The van der Waals surface area contributed by atoms with E-state index in [1.807, 2.05) is 0 Å². The smallest absolute Gasteiger partial charge is 0.335 e. The van der Waals surface area contributed by atoms with E-state index in [0.717, 1.165) is 12.8 Å². The number of aromatic carboxylic acids is 1. The van der Waals surface area contributed by atoms with Gasteiger partial charge in [-0.1, -0.05) is 18.9 Å². The zero-order chi connectivity index (χ0) is 13.5. The van der Waals surface area contributed by atoms with Crippen LogP contribution in [0.4, 0.5) is 0 Å². The molecule has 0 aromatic heterocycles. The van der Waals surface area contributed by atoms with Crippen LogP contribution in [0.15, 0.2) is 24.3 Å². The van der Waals surface area contributed by atoms with Crippen LogP contribution in [0.3, 0.4) is 0 Å². The number of carboxylic acids is 1. The number of carboxylic acid groups (broad SMARTS) is 1. The number of nitrogens with one attached hydrogen (secondary N) is 1. The molecule has 0 radical (unpaired) electrons. The molecule has 1 fully saturated rings. The van der Waals surface area contributed by atoms with E-state index in [4.69, 9.17) is 14.7 Å². The van der Waals surface area contributed by atoms with Crippen molar-refractivity contribution < 1.29 is 19.5 Å². The van der Waals surface area contributed by atoms with E-state index >= 15 is 0 Å². The summed E-state index contributed by atoms with van der Waals surface area (Å²) in [5.74, 6) is -0.393. The highest BCUT2D eigenvalue weighted by atomic mass is 16.7. The highest BCUT2D eigenvalue weighted by Gasteiger charge is 2.15. The molecule has 2 N–H and O–H groups in total. The third-order valence-electron chi connectivity index (χ3n) is 3.11. The van der Waals surface area contributed by atoms with Crippen LogP contribution in [0.5, 0.6) is 5.75 Å². The number of ether oxygens (including phenoxy) is 1. The van der Waals surface area contributed by atoms with Gasteiger partial charge < -0.3 is 9.84 Å². The maximum Gasteiger partial charge on any atom is 0.335 e. The van der Waals surface area contributed by atoms with Crippen molar-refractivity contribution in [1.82, 2.24) is 5.48 Å². The molecule has 5 nitrogen and oxygen atoms in total. The van der Waals surface area contributed by atoms with Crippen LogP contribution in [0.2, 0.25) is 0 Å². The molecule has 0 bridgehead atoms. The normalized spacial score (nSPS) is 15.6. The van der Waals surface area contributed by atoms with Crippen molar-refractivity contribution in [3.63, 3.8) is 0 Å². The second kappa shape index (κ2) is 7.11. The molecule has 0 aliphatic heterocycles. The zero-order valence-electron chi connectivity index (χ0n) is 10.8. The molecule has 2 rings (SSSR count). The zero-order valence-corrected chi connectivity index (χ0v) is 10.8. The summed E-state index contributed by atoms with van der Waals surface area (Å²) in [7, 11) is 0. The van der Waals surface area contributed by atoms with Gasteiger partial charge in [0.15, 0.2) is 0 Å². The Balaban J connectivity index is 1.64. The minimum Gasteiger partial charge on any atom is -0.492 e. The average Bonchev–Trinajstić information content (AvgIpc) is 2.92. The lowest BCUT2D eigenvalue weighted by Gasteiger charge is -2.12. The van der Waals surface area contributed by atoms with Crippen LogP contribution < -0.4 is 10.2 Å². The number of rotatable bonds is 7. The van der Waals surface area contributed by atoms with E-state index in [1.54, 1.807) is 12.1 Å². The van der Waals surface area contributed by atoms with Gasteiger partial charge in [-0.2, -0.15) is 5.48 Å². The summed E-state index contributed by atoms with van der Waals surface area (Å²) >= 11 is 0. The highest BCUT2D eigenvalue weighted by Crippen LogP contribution is 2.19. The lowest BCUT2D eigenvalue weighted by Crippen LogP contribution is -2.26. The Morgan fingerprint density at radius 1 is 1.37 bits per heavy atom. The van der Waals surface area contributed by atoms with Crippen molar-refractivity contribution in [2.24, 2.45) is 0 Å². The molecule has 104 valence electrons. The number of hydrogen-bond acceptors (Lipinski definition) is 4. The summed E-state index contributed by atoms with van der Waals surface area (Å²) in [4.78, 5) is 16.3. The summed E-state index contributed by atoms with van der Waals surface area (Å²) < 4.78 is 5.46. The van der Waals surface area contributed by atoms with Crippen LogP contribution in [-0.4, -0.2) is 30.3 Å². The van der Waals surface area contributed by atoms with Crippen LogP contribution in [0.1, 0.15) is 36.0 Å². The van der Waals surface area contributed by atoms with Crippen LogP contribution in [0, 0.1) is 0 Å². The molecular weight excluding hydrogens is 246 g/mol. The van der Waals surface area contributed by atoms with Crippen LogP contribution in [0.25, 0.3) is 0 Å². The highest BCUT2D eigenvalue weighted by molar-refractivity contribution is 5.87. The van der Waals surface area contributed by atoms with E-state index in [1.165, 1.54) is 25.0 Å². The summed E-state index contributed by atoms with van der Waals surface area (Å²) in [5, 5.41) is 8.85. The van der Waals surface area contributed by atoms with Gasteiger partial charge in [-0.05, 0) is 31.0 Å². The van der Waals surface area contributed by atoms with Crippen LogP contribution >= 0.6 is 0 Å². The van der Waals surface area contributed by atoms with E-state index in [9.17, 15) is 4.79 Å². The molecular formula is C14H19NO4. The maximum absolute atomic E-state index is 10.8. The first kappa shape index (κ1) is 13.8. The fourth-order valence-corrected chi connectivity index (χ4v) is 2.11. The molecule has 0 unspecified atom stereocenters. The molecule has 0 spiro atoms. The van der Waals surface area contributed by atoms with Gasteiger partial charge in [-0.3, -0.25) is 4.84 Å². The van der Waals surface area contributed by atoms with Gasteiger partial charge in [-0.25, -0.2) is 4.79 Å². The monoisotopic (exact) mass is 265 g/mol. The fraction of sp³-hybridized carbons (Fsp3) is 0.500. The summed E-state index contributed by atoms with van der Waals surface area (Å²) in [6.07, 6.45) is 5.05. The van der Waals surface area contributed by atoms with Gasteiger partial charge in [0.25, 0.3) is 0 Å². The van der Waals surface area contributed by atoms with E-state index < -0.39 is 5.97 Å². The predicted octanol–water partition coefficient (Wildman–Crippen LogP) is 2.23. The van der Waals surface area contributed by atoms with Gasteiger partial charge in [0.1, 0.15) is 12.4 Å². The van der Waals surface area contributed by atoms with Gasteiger partial charge in [0.05, 0.1) is 18.2 Å². The number of hydroxylamine groups is 1. The Morgan fingerprint density at radius 3 is 2.89 bits per heavy atom. The second-order valence-corrected chi connectivity index (χ2v) is 4.60. The van der Waals surface area contributed by atoms with Gasteiger partial charge >= 0.3 is 5.97 Å². The van der Waals surface area contributed by atoms with Crippen LogP contribution in [-0.2, 0) is 4.84 Å². The SMILES string of the molecule is O=C(O)c1cccc(OCCNOC2CCCC2)c1. The Bertz CT molecular complexity index is 416. The minimum absolute atomic E-state index is 0.229. The molecule has 1 aliphatic carbocycles. The Kier molecular flexibility index (Phi) is 5.18. The third-order valence-corrected chi connectivity index (χ3v) is 3.11. The molecule has 1 aromatic rings. The number of benzene rings is 1. The van der Waals surface area contributed by atoms with Crippen molar-refractivity contribution in [2.75, 3.05) is 13.2 Å². The second-order valence-electron chi connectivity index (χ2n) is 4.60. The molecule has 0 atom stereocenters. The largest absolute Gasteiger partial charge is 0.492 e. The summed E-state index contributed by atoms with van der Waals surface area (Å²) in [6, 6.07) is 6.46. The van der Waals surface area contributed by atoms with Crippen molar-refractivity contribution in [3.05, 3.63) is 29.8 Å². The van der Waals surface area contributed by atoms with E-state index in [-0.39, 0.29) is 5.56 Å². The molecule has 0 heterocycles.